The van der Waals surface area contributed by atoms with E-state index in [1.165, 1.54) is 24.3 Å². The second kappa shape index (κ2) is 11.4. The Morgan fingerprint density at radius 2 is 1.73 bits per heavy atom. The zero-order valence-corrected chi connectivity index (χ0v) is 20.4. The van der Waals surface area contributed by atoms with Gasteiger partial charge in [0.05, 0.1) is 0 Å². The smallest absolute Gasteiger partial charge is 0.253 e. The third-order valence-corrected chi connectivity index (χ3v) is 6.22. The Labute approximate surface area is 202 Å². The van der Waals surface area contributed by atoms with E-state index in [1.807, 2.05) is 26.0 Å². The molecule has 3 amide bonds. The Hall–Kier alpha value is -2.74. The Morgan fingerprint density at radius 1 is 1.06 bits per heavy atom. The summed E-state index contributed by atoms with van der Waals surface area (Å²) in [4.78, 5) is 40.4. The summed E-state index contributed by atoms with van der Waals surface area (Å²) in [6.07, 6.45) is 1.17. The van der Waals surface area contributed by atoms with Crippen LogP contribution in [0.2, 0.25) is 0 Å². The van der Waals surface area contributed by atoms with Gasteiger partial charge in [0.1, 0.15) is 11.9 Å². The molecule has 2 aromatic rings. The third kappa shape index (κ3) is 6.87. The standard InChI is InChI=1S/C25H29BrFN3O3/c1-16(2)15-28-24(32)22(29-23(31)18-6-8-21(27)9-7-18)17-10-12-30(13-11-17)25(33)19-4-3-5-20(26)14-19/h3-9,14,16-17,22H,10-13,15H2,1-2H3,(H,28,32)(H,29,31)/t22-/m0/s1. The number of benzene rings is 2. The predicted molar refractivity (Wildman–Crippen MR) is 128 cm³/mol. The molecule has 0 radical (unpaired) electrons. The molecule has 1 fully saturated rings. The van der Waals surface area contributed by atoms with Crippen molar-refractivity contribution in [3.8, 4) is 0 Å². The lowest BCUT2D eigenvalue weighted by molar-refractivity contribution is -0.124. The first kappa shape index (κ1) is 24.9. The summed E-state index contributed by atoms with van der Waals surface area (Å²) >= 11 is 3.39. The van der Waals surface area contributed by atoms with Crippen molar-refractivity contribution in [2.75, 3.05) is 19.6 Å². The maximum Gasteiger partial charge on any atom is 0.253 e. The van der Waals surface area contributed by atoms with Gasteiger partial charge in [-0.15, -0.1) is 0 Å². The number of likely N-dealkylation sites (tertiary alicyclic amines) is 1. The van der Waals surface area contributed by atoms with Gasteiger partial charge < -0.3 is 15.5 Å². The highest BCUT2D eigenvalue weighted by Gasteiger charge is 2.34. The Kier molecular flexibility index (Phi) is 8.61. The SMILES string of the molecule is CC(C)CNC(=O)[C@@H](NC(=O)c1ccc(F)cc1)C1CCN(C(=O)c2cccc(Br)c2)CC1. The second-order valence-electron chi connectivity index (χ2n) is 8.74. The fourth-order valence-corrected chi connectivity index (χ4v) is 4.28. The molecule has 1 saturated heterocycles. The molecule has 0 spiro atoms. The van der Waals surface area contributed by atoms with E-state index in [0.717, 1.165) is 4.47 Å². The zero-order valence-electron chi connectivity index (χ0n) is 18.8. The minimum Gasteiger partial charge on any atom is -0.354 e. The maximum absolute atomic E-state index is 13.2. The molecule has 0 aromatic heterocycles. The van der Waals surface area contributed by atoms with Crippen LogP contribution in [0.4, 0.5) is 4.39 Å². The molecule has 176 valence electrons. The Bertz CT molecular complexity index is 989. The predicted octanol–water partition coefficient (Wildman–Crippen LogP) is 4.01. The summed E-state index contributed by atoms with van der Waals surface area (Å²) in [5.41, 5.74) is 0.902. The van der Waals surface area contributed by atoms with Crippen LogP contribution in [0.15, 0.2) is 53.0 Å². The van der Waals surface area contributed by atoms with Crippen molar-refractivity contribution in [2.24, 2.45) is 11.8 Å². The highest BCUT2D eigenvalue weighted by molar-refractivity contribution is 9.10. The fourth-order valence-electron chi connectivity index (χ4n) is 3.88. The van der Waals surface area contributed by atoms with Crippen molar-refractivity contribution in [1.29, 1.82) is 0 Å². The molecule has 3 rings (SSSR count). The van der Waals surface area contributed by atoms with E-state index < -0.39 is 17.8 Å². The number of carbonyl (C=O) groups is 3. The molecule has 1 heterocycles. The lowest BCUT2D eigenvalue weighted by Crippen LogP contribution is -2.54. The van der Waals surface area contributed by atoms with E-state index in [9.17, 15) is 18.8 Å². The van der Waals surface area contributed by atoms with Crippen LogP contribution in [-0.4, -0.2) is 48.3 Å². The molecule has 1 atom stereocenters. The number of piperidine rings is 1. The maximum atomic E-state index is 13.2. The summed E-state index contributed by atoms with van der Waals surface area (Å²) in [5.74, 6) is -0.991. The molecule has 6 nitrogen and oxygen atoms in total. The average Bonchev–Trinajstić information content (AvgIpc) is 2.81. The van der Waals surface area contributed by atoms with Gasteiger partial charge in [-0.1, -0.05) is 35.8 Å². The number of rotatable bonds is 7. The summed E-state index contributed by atoms with van der Waals surface area (Å²) in [6, 6.07) is 11.8. The Morgan fingerprint density at radius 3 is 2.33 bits per heavy atom. The summed E-state index contributed by atoms with van der Waals surface area (Å²) in [5, 5.41) is 5.76. The highest BCUT2D eigenvalue weighted by atomic mass is 79.9. The first-order valence-corrected chi connectivity index (χ1v) is 11.9. The number of hydrogen-bond acceptors (Lipinski definition) is 3. The first-order valence-electron chi connectivity index (χ1n) is 11.1. The van der Waals surface area contributed by atoms with Crippen molar-refractivity contribution in [2.45, 2.75) is 32.7 Å². The van der Waals surface area contributed by atoms with E-state index in [4.69, 9.17) is 0 Å². The molecule has 2 N–H and O–H groups in total. The van der Waals surface area contributed by atoms with Crippen molar-refractivity contribution in [3.63, 3.8) is 0 Å². The van der Waals surface area contributed by atoms with Gasteiger partial charge in [-0.3, -0.25) is 14.4 Å². The van der Waals surface area contributed by atoms with E-state index in [0.29, 0.717) is 43.6 Å². The second-order valence-corrected chi connectivity index (χ2v) is 9.65. The van der Waals surface area contributed by atoms with E-state index in [1.54, 1.807) is 17.0 Å². The van der Waals surface area contributed by atoms with Gasteiger partial charge in [-0.05, 0) is 67.1 Å². The van der Waals surface area contributed by atoms with Gasteiger partial charge in [-0.2, -0.15) is 0 Å². The molecule has 0 bridgehead atoms. The first-order chi connectivity index (χ1) is 15.7. The van der Waals surface area contributed by atoms with Crippen LogP contribution in [0.5, 0.6) is 0 Å². The molecule has 0 unspecified atom stereocenters. The largest absolute Gasteiger partial charge is 0.354 e. The van der Waals surface area contributed by atoms with Gasteiger partial charge in [0.2, 0.25) is 5.91 Å². The van der Waals surface area contributed by atoms with E-state index in [-0.39, 0.29) is 23.7 Å². The number of hydrogen-bond donors (Lipinski definition) is 2. The molecule has 0 saturated carbocycles. The average molecular weight is 518 g/mol. The van der Waals surface area contributed by atoms with E-state index in [2.05, 4.69) is 26.6 Å². The van der Waals surface area contributed by atoms with Crippen LogP contribution < -0.4 is 10.6 Å². The number of carbonyl (C=O) groups excluding carboxylic acids is 3. The molecule has 33 heavy (non-hydrogen) atoms. The van der Waals surface area contributed by atoms with Crippen LogP contribution in [0.25, 0.3) is 0 Å². The summed E-state index contributed by atoms with van der Waals surface area (Å²) in [6.45, 7) is 5.49. The lowest BCUT2D eigenvalue weighted by Gasteiger charge is -2.36. The minimum absolute atomic E-state index is 0.0501. The highest BCUT2D eigenvalue weighted by Crippen LogP contribution is 2.24. The monoisotopic (exact) mass is 517 g/mol. The third-order valence-electron chi connectivity index (χ3n) is 5.73. The number of nitrogens with one attached hydrogen (secondary N) is 2. The van der Waals surface area contributed by atoms with Gasteiger partial charge >= 0.3 is 0 Å². The van der Waals surface area contributed by atoms with Crippen molar-refractivity contribution < 1.29 is 18.8 Å². The van der Waals surface area contributed by atoms with Crippen LogP contribution in [0, 0.1) is 17.7 Å². The molecular weight excluding hydrogens is 489 g/mol. The van der Waals surface area contributed by atoms with Crippen LogP contribution in [0.1, 0.15) is 47.4 Å². The summed E-state index contributed by atoms with van der Waals surface area (Å²) in [7, 11) is 0. The normalized spacial score (nSPS) is 15.2. The van der Waals surface area contributed by atoms with Crippen molar-refractivity contribution in [1.82, 2.24) is 15.5 Å². The number of halogens is 2. The lowest BCUT2D eigenvalue weighted by atomic mass is 9.88. The minimum atomic E-state index is -0.732. The molecule has 0 aliphatic carbocycles. The van der Waals surface area contributed by atoms with Gasteiger partial charge in [0.15, 0.2) is 0 Å². The topological polar surface area (TPSA) is 78.5 Å². The van der Waals surface area contributed by atoms with Crippen LogP contribution in [-0.2, 0) is 4.79 Å². The van der Waals surface area contributed by atoms with Crippen LogP contribution in [0.3, 0.4) is 0 Å². The van der Waals surface area contributed by atoms with Crippen LogP contribution >= 0.6 is 15.9 Å². The number of nitrogens with zero attached hydrogens (tertiary/aromatic N) is 1. The quantitative estimate of drug-likeness (QED) is 0.582. The van der Waals surface area contributed by atoms with Gasteiger partial charge in [-0.25, -0.2) is 4.39 Å². The number of amides is 3. The Balaban J connectivity index is 1.68. The molecule has 8 heteroatoms. The van der Waals surface area contributed by atoms with Gasteiger partial charge in [0, 0.05) is 35.2 Å². The molecule has 1 aliphatic heterocycles. The van der Waals surface area contributed by atoms with Gasteiger partial charge in [0.25, 0.3) is 11.8 Å². The fraction of sp³-hybridized carbons (Fsp3) is 0.400. The van der Waals surface area contributed by atoms with E-state index >= 15 is 0 Å². The zero-order chi connectivity index (χ0) is 24.0. The molecule has 2 aromatic carbocycles. The molecular formula is C25H29BrFN3O3. The summed E-state index contributed by atoms with van der Waals surface area (Å²) < 4.78 is 14.1. The molecule has 1 aliphatic rings. The van der Waals surface area contributed by atoms with Crippen molar-refractivity contribution >= 4 is 33.7 Å². The van der Waals surface area contributed by atoms with Crippen molar-refractivity contribution in [3.05, 3.63) is 69.9 Å².